The molecule has 0 saturated carbocycles. The number of amides is 1. The lowest BCUT2D eigenvalue weighted by molar-refractivity contribution is -0.150. The summed E-state index contributed by atoms with van der Waals surface area (Å²) in [5.74, 6) is -1.16. The van der Waals surface area contributed by atoms with Crippen LogP contribution in [0, 0.1) is 0 Å². The van der Waals surface area contributed by atoms with Crippen molar-refractivity contribution in [1.29, 1.82) is 0 Å². The van der Waals surface area contributed by atoms with Gasteiger partial charge in [0, 0.05) is 18.4 Å². The van der Waals surface area contributed by atoms with Gasteiger partial charge in [-0.25, -0.2) is 14.4 Å². The predicted molar refractivity (Wildman–Crippen MR) is 70.0 cm³/mol. The fraction of sp³-hybridized carbons (Fsp3) is 0.0714. The van der Waals surface area contributed by atoms with Crippen molar-refractivity contribution in [3.05, 3.63) is 54.3 Å². The molecule has 1 aromatic rings. The van der Waals surface area contributed by atoms with Gasteiger partial charge in [-0.15, -0.1) is 0 Å². The van der Waals surface area contributed by atoms with Crippen LogP contribution in [-0.2, 0) is 20.7 Å². The maximum Gasteiger partial charge on any atom is 0.415 e. The summed E-state index contributed by atoms with van der Waals surface area (Å²) in [7, 11) is 0. The molecule has 2 heterocycles. The maximum atomic E-state index is 10.8. The number of nitrogens with zero attached hydrogens (tertiary/aromatic N) is 1. The summed E-state index contributed by atoms with van der Waals surface area (Å²) < 4.78 is 3.97. The molecule has 1 amide bonds. The van der Waals surface area contributed by atoms with Crippen LogP contribution < -0.4 is 4.90 Å². The molecule has 0 fully saturated rings. The lowest BCUT2D eigenvalue weighted by Gasteiger charge is -2.21. The highest BCUT2D eigenvalue weighted by Crippen LogP contribution is 2.25. The van der Waals surface area contributed by atoms with Crippen molar-refractivity contribution in [2.75, 3.05) is 4.90 Å². The first-order valence-electron chi connectivity index (χ1n) is 5.78. The molecule has 0 bridgehead atoms. The number of ether oxygens (including phenoxy) is 1. The first-order valence-corrected chi connectivity index (χ1v) is 5.78. The first kappa shape index (κ1) is 13.5. The molecular weight excluding hydrogens is 262 g/mol. The van der Waals surface area contributed by atoms with Crippen molar-refractivity contribution >= 4 is 23.7 Å². The Bertz CT molecular complexity index is 602. The van der Waals surface area contributed by atoms with Crippen LogP contribution in [0.15, 0.2) is 48.7 Å². The van der Waals surface area contributed by atoms with E-state index in [1.807, 2.05) is 30.3 Å². The van der Waals surface area contributed by atoms with Crippen molar-refractivity contribution < 1.29 is 24.2 Å². The second kappa shape index (κ2) is 5.83. The maximum absolute atomic E-state index is 10.8. The number of rotatable bonds is 0. The van der Waals surface area contributed by atoms with Gasteiger partial charge in [0.1, 0.15) is 0 Å². The second-order valence-electron chi connectivity index (χ2n) is 3.94. The number of benzene rings is 1. The Labute approximate surface area is 114 Å². The molecule has 2 aliphatic heterocycles. The van der Waals surface area contributed by atoms with Crippen molar-refractivity contribution in [1.82, 2.24) is 0 Å². The molecule has 0 saturated heterocycles. The van der Waals surface area contributed by atoms with E-state index in [4.69, 9.17) is 5.11 Å². The number of hydrogen-bond donors (Lipinski definition) is 1. The lowest BCUT2D eigenvalue weighted by atomic mass is 10.1. The third kappa shape index (κ3) is 3.11. The molecule has 0 radical (unpaired) electrons. The molecule has 0 unspecified atom stereocenters. The number of hydrogen-bond acceptors (Lipinski definition) is 4. The number of anilines is 1. The van der Waals surface area contributed by atoms with Crippen molar-refractivity contribution in [3.63, 3.8) is 0 Å². The minimum Gasteiger partial charge on any atom is -0.464 e. The van der Waals surface area contributed by atoms with Crippen molar-refractivity contribution in [2.45, 2.75) is 6.42 Å². The van der Waals surface area contributed by atoms with E-state index in [1.165, 1.54) is 4.90 Å². The van der Waals surface area contributed by atoms with Crippen LogP contribution in [0.25, 0.3) is 0 Å². The molecule has 0 spiro atoms. The highest BCUT2D eigenvalue weighted by atomic mass is 16.6. The quantitative estimate of drug-likeness (QED) is 0.576. The Hall–Kier alpha value is -2.89. The molecule has 1 N–H and O–H groups in total. The highest BCUT2D eigenvalue weighted by Gasteiger charge is 2.16. The third-order valence-electron chi connectivity index (χ3n) is 2.61. The number of fused-ring (bicyclic) bond motifs is 1. The average Bonchev–Trinajstić information content (AvgIpc) is 2.82. The normalized spacial score (nSPS) is 15.3. The van der Waals surface area contributed by atoms with Crippen molar-refractivity contribution in [3.8, 4) is 0 Å². The summed E-state index contributed by atoms with van der Waals surface area (Å²) in [6.45, 7) is 0. The molecule has 0 aromatic heterocycles. The van der Waals surface area contributed by atoms with Gasteiger partial charge in [-0.3, -0.25) is 4.90 Å². The Morgan fingerprint density at radius 1 is 1.15 bits per heavy atom. The second-order valence-corrected chi connectivity index (χ2v) is 3.94. The highest BCUT2D eigenvalue weighted by molar-refractivity contribution is 6.04. The number of carbonyl (C=O) groups excluding carboxylic acids is 2. The Morgan fingerprint density at radius 2 is 1.80 bits per heavy atom. The van der Waals surface area contributed by atoms with E-state index in [0.717, 1.165) is 29.8 Å². The van der Waals surface area contributed by atoms with Crippen LogP contribution in [0.5, 0.6) is 0 Å². The monoisotopic (exact) mass is 273 g/mol. The topological polar surface area (TPSA) is 83.9 Å². The standard InChI is InChI=1S/C10H9NO2.C4H2O3/c12-10(13)11-7-3-5-8-4-1-2-6-9(8)11;5-3-1-2-4(6)7-3/h1-4,6-7H,5H2,(H,12,13);1-2H. The van der Waals surface area contributed by atoms with Crippen LogP contribution >= 0.6 is 0 Å². The van der Waals surface area contributed by atoms with Crippen LogP contribution in [0.4, 0.5) is 10.5 Å². The van der Waals surface area contributed by atoms with Crippen LogP contribution in [-0.4, -0.2) is 23.1 Å². The summed E-state index contributed by atoms with van der Waals surface area (Å²) in [6.07, 6.45) is 5.47. The zero-order valence-electron chi connectivity index (χ0n) is 10.4. The Kier molecular flexibility index (Phi) is 3.95. The molecule has 3 rings (SSSR count). The molecule has 102 valence electrons. The fourth-order valence-electron chi connectivity index (χ4n) is 1.75. The van der Waals surface area contributed by atoms with E-state index in [9.17, 15) is 14.4 Å². The fourth-order valence-corrected chi connectivity index (χ4v) is 1.75. The first-order chi connectivity index (χ1) is 9.58. The Morgan fingerprint density at radius 3 is 2.35 bits per heavy atom. The number of carboxylic acid groups (broad SMARTS) is 1. The summed E-state index contributed by atoms with van der Waals surface area (Å²) in [4.78, 5) is 31.9. The van der Waals surface area contributed by atoms with Gasteiger partial charge in [0.25, 0.3) is 0 Å². The van der Waals surface area contributed by atoms with Gasteiger partial charge >= 0.3 is 18.0 Å². The number of para-hydroxylation sites is 1. The number of cyclic esters (lactones) is 2. The van der Waals surface area contributed by atoms with Crippen LogP contribution in [0.3, 0.4) is 0 Å². The molecule has 6 heteroatoms. The molecule has 2 aliphatic rings. The van der Waals surface area contributed by atoms with E-state index in [0.29, 0.717) is 0 Å². The molecule has 1 aromatic carbocycles. The number of carbonyl (C=O) groups is 3. The zero-order valence-corrected chi connectivity index (χ0v) is 10.4. The van der Waals surface area contributed by atoms with E-state index >= 15 is 0 Å². The summed E-state index contributed by atoms with van der Waals surface area (Å²) in [5, 5.41) is 8.86. The Balaban J connectivity index is 0.000000178. The molecule has 0 aliphatic carbocycles. The number of esters is 2. The zero-order chi connectivity index (χ0) is 14.5. The predicted octanol–water partition coefficient (Wildman–Crippen LogP) is 1.87. The van der Waals surface area contributed by atoms with E-state index in [2.05, 4.69) is 4.74 Å². The summed E-state index contributed by atoms with van der Waals surface area (Å²) in [6, 6.07) is 7.51. The third-order valence-corrected chi connectivity index (χ3v) is 2.61. The largest absolute Gasteiger partial charge is 0.464 e. The van der Waals surface area contributed by atoms with Gasteiger partial charge in [0.15, 0.2) is 0 Å². The molecule has 20 heavy (non-hydrogen) atoms. The number of allylic oxidation sites excluding steroid dienone is 1. The molecular formula is C14H11NO5. The van der Waals surface area contributed by atoms with Gasteiger partial charge < -0.3 is 9.84 Å². The van der Waals surface area contributed by atoms with Gasteiger partial charge in [-0.2, -0.15) is 0 Å². The van der Waals surface area contributed by atoms with Crippen molar-refractivity contribution in [2.24, 2.45) is 0 Å². The summed E-state index contributed by atoms with van der Waals surface area (Å²) in [5.41, 5.74) is 1.81. The average molecular weight is 273 g/mol. The van der Waals surface area contributed by atoms with E-state index in [1.54, 1.807) is 6.20 Å². The van der Waals surface area contributed by atoms with Gasteiger partial charge in [0.05, 0.1) is 5.69 Å². The lowest BCUT2D eigenvalue weighted by Crippen LogP contribution is -2.25. The van der Waals surface area contributed by atoms with Crippen LogP contribution in [0.1, 0.15) is 5.56 Å². The van der Waals surface area contributed by atoms with Gasteiger partial charge in [0.2, 0.25) is 0 Å². The van der Waals surface area contributed by atoms with Gasteiger partial charge in [-0.1, -0.05) is 24.3 Å². The summed E-state index contributed by atoms with van der Waals surface area (Å²) >= 11 is 0. The van der Waals surface area contributed by atoms with E-state index in [-0.39, 0.29) is 0 Å². The minimum absolute atomic E-state index is 0.579. The van der Waals surface area contributed by atoms with Gasteiger partial charge in [-0.05, 0) is 18.1 Å². The minimum atomic E-state index is -0.941. The SMILES string of the molecule is O=C(O)N1C=CCc2ccccc21.O=C1C=CC(=O)O1. The molecule has 6 nitrogen and oxygen atoms in total. The smallest absolute Gasteiger partial charge is 0.415 e. The van der Waals surface area contributed by atoms with E-state index < -0.39 is 18.0 Å². The van der Waals surface area contributed by atoms with Crippen LogP contribution in [0.2, 0.25) is 0 Å². The molecule has 0 atom stereocenters.